The molecule has 0 saturated heterocycles. The van der Waals surface area contributed by atoms with E-state index < -0.39 is 28.9 Å². The van der Waals surface area contributed by atoms with E-state index >= 15 is 0 Å². The van der Waals surface area contributed by atoms with Crippen molar-refractivity contribution in [3.05, 3.63) is 35.1 Å². The molecular formula is C12H11ClF3NO. The normalized spacial score (nSPS) is 16.4. The van der Waals surface area contributed by atoms with E-state index in [1.54, 1.807) is 0 Å². The summed E-state index contributed by atoms with van der Waals surface area (Å²) in [4.78, 5) is 11.6. The number of alkyl halides is 1. The molecular weight excluding hydrogens is 267 g/mol. The molecule has 1 aliphatic carbocycles. The predicted octanol–water partition coefficient (Wildman–Crippen LogP) is 2.85. The highest BCUT2D eigenvalue weighted by Crippen LogP contribution is 2.45. The summed E-state index contributed by atoms with van der Waals surface area (Å²) in [7, 11) is 0. The van der Waals surface area contributed by atoms with Gasteiger partial charge in [0.05, 0.1) is 5.56 Å². The van der Waals surface area contributed by atoms with Crippen LogP contribution in [0.15, 0.2) is 12.1 Å². The molecule has 1 N–H and O–H groups in total. The van der Waals surface area contributed by atoms with Crippen LogP contribution in [0.1, 0.15) is 23.2 Å². The van der Waals surface area contributed by atoms with Crippen LogP contribution in [0.4, 0.5) is 13.2 Å². The highest BCUT2D eigenvalue weighted by molar-refractivity contribution is 6.18. The molecule has 1 amide bonds. The molecule has 0 spiro atoms. The van der Waals surface area contributed by atoms with E-state index in [2.05, 4.69) is 5.32 Å². The largest absolute Gasteiger partial charge is 0.351 e. The first-order valence-electron chi connectivity index (χ1n) is 5.47. The smallest absolute Gasteiger partial charge is 0.254 e. The van der Waals surface area contributed by atoms with Crippen molar-refractivity contribution in [2.24, 2.45) is 5.41 Å². The van der Waals surface area contributed by atoms with Crippen molar-refractivity contribution in [3.8, 4) is 0 Å². The van der Waals surface area contributed by atoms with Gasteiger partial charge in [-0.3, -0.25) is 4.79 Å². The molecule has 1 aromatic carbocycles. The summed E-state index contributed by atoms with van der Waals surface area (Å²) in [6.45, 7) is 0.313. The van der Waals surface area contributed by atoms with E-state index in [0.29, 0.717) is 12.4 Å². The van der Waals surface area contributed by atoms with Crippen LogP contribution in [-0.4, -0.2) is 18.3 Å². The third-order valence-electron chi connectivity index (χ3n) is 3.14. The quantitative estimate of drug-likeness (QED) is 0.665. The molecule has 2 nitrogen and oxygen atoms in total. The topological polar surface area (TPSA) is 29.1 Å². The summed E-state index contributed by atoms with van der Waals surface area (Å²) in [5.74, 6) is -4.77. The molecule has 18 heavy (non-hydrogen) atoms. The second-order valence-corrected chi connectivity index (χ2v) is 4.81. The molecule has 1 aromatic rings. The lowest BCUT2D eigenvalue weighted by molar-refractivity contribution is 0.0941. The number of hydrogen-bond acceptors (Lipinski definition) is 1. The second-order valence-electron chi connectivity index (χ2n) is 4.54. The molecule has 0 atom stereocenters. The van der Waals surface area contributed by atoms with Crippen LogP contribution in [0.25, 0.3) is 0 Å². The summed E-state index contributed by atoms with van der Waals surface area (Å²) in [6, 6.07) is 1.64. The molecule has 6 heteroatoms. The summed E-state index contributed by atoms with van der Waals surface area (Å²) in [5, 5.41) is 2.49. The lowest BCUT2D eigenvalue weighted by Gasteiger charge is -2.12. The first-order chi connectivity index (χ1) is 8.49. The Morgan fingerprint density at radius 2 is 1.94 bits per heavy atom. The fraction of sp³-hybridized carbons (Fsp3) is 0.417. The molecule has 98 valence electrons. The van der Waals surface area contributed by atoms with E-state index in [-0.39, 0.29) is 5.41 Å². The fourth-order valence-electron chi connectivity index (χ4n) is 1.60. The minimum Gasteiger partial charge on any atom is -0.351 e. The van der Waals surface area contributed by atoms with Gasteiger partial charge < -0.3 is 5.32 Å². The Morgan fingerprint density at radius 1 is 1.28 bits per heavy atom. The third kappa shape index (κ3) is 2.46. The van der Waals surface area contributed by atoms with Crippen molar-refractivity contribution in [1.29, 1.82) is 0 Å². The van der Waals surface area contributed by atoms with Gasteiger partial charge >= 0.3 is 0 Å². The van der Waals surface area contributed by atoms with Crippen molar-refractivity contribution in [3.63, 3.8) is 0 Å². The van der Waals surface area contributed by atoms with Gasteiger partial charge in [-0.15, -0.1) is 11.6 Å². The van der Waals surface area contributed by atoms with Crippen LogP contribution in [0.5, 0.6) is 0 Å². The monoisotopic (exact) mass is 277 g/mol. The molecule has 0 bridgehead atoms. The average molecular weight is 278 g/mol. The summed E-state index contributed by atoms with van der Waals surface area (Å²) < 4.78 is 39.0. The van der Waals surface area contributed by atoms with Gasteiger partial charge in [0.25, 0.3) is 5.91 Å². The van der Waals surface area contributed by atoms with Gasteiger partial charge in [-0.05, 0) is 25.0 Å². The first kappa shape index (κ1) is 13.2. The summed E-state index contributed by atoms with van der Waals surface area (Å²) >= 11 is 5.73. The Hall–Kier alpha value is -1.23. The van der Waals surface area contributed by atoms with Crippen molar-refractivity contribution < 1.29 is 18.0 Å². The van der Waals surface area contributed by atoms with Crippen LogP contribution in [-0.2, 0) is 0 Å². The van der Waals surface area contributed by atoms with Crippen LogP contribution < -0.4 is 5.32 Å². The Kier molecular flexibility index (Phi) is 3.52. The molecule has 2 rings (SSSR count). The fourth-order valence-corrected chi connectivity index (χ4v) is 1.96. The van der Waals surface area contributed by atoms with Gasteiger partial charge in [0.2, 0.25) is 0 Å². The van der Waals surface area contributed by atoms with Gasteiger partial charge in [0, 0.05) is 17.8 Å². The van der Waals surface area contributed by atoms with Crippen LogP contribution >= 0.6 is 11.6 Å². The SMILES string of the molecule is O=C(NCC1(CCl)CC1)c1ccc(F)c(F)c1F. The lowest BCUT2D eigenvalue weighted by Crippen LogP contribution is -2.31. The van der Waals surface area contributed by atoms with Crippen LogP contribution in [0.3, 0.4) is 0 Å². The minimum atomic E-state index is -1.64. The molecule has 0 aromatic heterocycles. The summed E-state index contributed by atoms with van der Waals surface area (Å²) in [5.41, 5.74) is -0.619. The van der Waals surface area contributed by atoms with E-state index in [1.807, 2.05) is 0 Å². The van der Waals surface area contributed by atoms with E-state index in [9.17, 15) is 18.0 Å². The van der Waals surface area contributed by atoms with Crippen molar-refractivity contribution in [2.75, 3.05) is 12.4 Å². The Morgan fingerprint density at radius 3 is 2.50 bits per heavy atom. The van der Waals surface area contributed by atoms with E-state index in [0.717, 1.165) is 25.0 Å². The van der Waals surface area contributed by atoms with Gasteiger partial charge in [0.1, 0.15) is 0 Å². The number of benzene rings is 1. The lowest BCUT2D eigenvalue weighted by atomic mass is 10.1. The van der Waals surface area contributed by atoms with Crippen molar-refractivity contribution in [2.45, 2.75) is 12.8 Å². The highest BCUT2D eigenvalue weighted by Gasteiger charge is 2.42. The number of carbonyl (C=O) groups excluding carboxylic acids is 1. The first-order valence-corrected chi connectivity index (χ1v) is 6.00. The maximum atomic E-state index is 13.3. The number of rotatable bonds is 4. The standard InChI is InChI=1S/C12H11ClF3NO/c13-5-12(3-4-12)6-17-11(18)7-1-2-8(14)10(16)9(7)15/h1-2H,3-6H2,(H,17,18). The van der Waals surface area contributed by atoms with Crippen molar-refractivity contribution >= 4 is 17.5 Å². The molecule has 1 aliphatic rings. The summed E-state index contributed by atoms with van der Waals surface area (Å²) in [6.07, 6.45) is 1.80. The molecule has 0 radical (unpaired) electrons. The number of halogens is 4. The highest BCUT2D eigenvalue weighted by atomic mass is 35.5. The maximum absolute atomic E-state index is 13.3. The number of carbonyl (C=O) groups is 1. The second kappa shape index (κ2) is 4.80. The zero-order valence-electron chi connectivity index (χ0n) is 9.40. The minimum absolute atomic E-state index is 0.119. The molecule has 0 unspecified atom stereocenters. The van der Waals surface area contributed by atoms with Gasteiger partial charge in [-0.25, -0.2) is 13.2 Å². The van der Waals surface area contributed by atoms with Crippen molar-refractivity contribution in [1.82, 2.24) is 5.32 Å². The Balaban J connectivity index is 2.07. The van der Waals surface area contributed by atoms with E-state index in [1.165, 1.54) is 0 Å². The average Bonchev–Trinajstić information content (AvgIpc) is 3.14. The zero-order valence-corrected chi connectivity index (χ0v) is 10.2. The van der Waals surface area contributed by atoms with Gasteiger partial charge in [-0.2, -0.15) is 0 Å². The predicted molar refractivity (Wildman–Crippen MR) is 61.0 cm³/mol. The third-order valence-corrected chi connectivity index (χ3v) is 3.71. The van der Waals surface area contributed by atoms with Gasteiger partial charge in [-0.1, -0.05) is 0 Å². The van der Waals surface area contributed by atoms with Gasteiger partial charge in [0.15, 0.2) is 17.5 Å². The Labute approximate surface area is 107 Å². The van der Waals surface area contributed by atoms with Crippen LogP contribution in [0.2, 0.25) is 0 Å². The van der Waals surface area contributed by atoms with Crippen LogP contribution in [0, 0.1) is 22.9 Å². The number of nitrogens with one attached hydrogen (secondary N) is 1. The number of hydrogen-bond donors (Lipinski definition) is 1. The zero-order chi connectivity index (χ0) is 13.3. The number of amides is 1. The Bertz CT molecular complexity index is 488. The molecule has 1 saturated carbocycles. The maximum Gasteiger partial charge on any atom is 0.254 e. The van der Waals surface area contributed by atoms with E-state index in [4.69, 9.17) is 11.6 Å². The molecule has 1 fully saturated rings. The molecule has 0 heterocycles. The molecule has 0 aliphatic heterocycles.